The summed E-state index contributed by atoms with van der Waals surface area (Å²) in [6.45, 7) is 5.30. The second kappa shape index (κ2) is 7.72. The molecule has 0 amide bonds. The monoisotopic (exact) mass is 379 g/mol. The van der Waals surface area contributed by atoms with Gasteiger partial charge in [-0.05, 0) is 30.2 Å². The Morgan fingerprint density at radius 1 is 1.07 bits per heavy atom. The normalized spacial score (nSPS) is 12.8. The van der Waals surface area contributed by atoms with Crippen LogP contribution >= 0.6 is 0 Å². The van der Waals surface area contributed by atoms with Crippen LogP contribution in [0.1, 0.15) is 24.3 Å². The lowest BCUT2D eigenvalue weighted by Crippen LogP contribution is -2.16. The van der Waals surface area contributed by atoms with Crippen LogP contribution in [0, 0.1) is 5.92 Å². The molecule has 0 spiro atoms. The van der Waals surface area contributed by atoms with Crippen LogP contribution in [0.5, 0.6) is 11.5 Å². The molecule has 144 valence electrons. The molecular formula is C21H21N3O4. The zero-order valence-electron chi connectivity index (χ0n) is 15.8. The standard InChI is InChI=1S/C21H21N3O4/c1-13(2)12-28-21(25)19-20(24-16-6-4-3-5-15(16)23-19)22-14-7-8-17-18(11-14)27-10-9-26-17/h3-8,11,13H,9-10,12H2,1-2H3,(H,22,24). The molecule has 1 N–H and O–H groups in total. The SMILES string of the molecule is CC(C)COC(=O)c1nc2ccccc2nc1Nc1ccc2c(c1)OCCO2. The average Bonchev–Trinajstić information content (AvgIpc) is 2.71. The zero-order valence-corrected chi connectivity index (χ0v) is 15.8. The number of carbonyl (C=O) groups excluding carboxylic acids is 1. The van der Waals surface area contributed by atoms with Gasteiger partial charge in [-0.2, -0.15) is 0 Å². The van der Waals surface area contributed by atoms with Crippen molar-refractivity contribution in [2.45, 2.75) is 13.8 Å². The third kappa shape index (κ3) is 3.83. The number of nitrogens with zero attached hydrogens (tertiary/aromatic N) is 2. The topological polar surface area (TPSA) is 82.6 Å². The highest BCUT2D eigenvalue weighted by molar-refractivity contribution is 5.96. The molecular weight excluding hydrogens is 358 g/mol. The van der Waals surface area contributed by atoms with Crippen molar-refractivity contribution in [3.05, 3.63) is 48.2 Å². The van der Waals surface area contributed by atoms with Crippen molar-refractivity contribution in [3.8, 4) is 11.5 Å². The van der Waals surface area contributed by atoms with Gasteiger partial charge < -0.3 is 19.5 Å². The van der Waals surface area contributed by atoms with Crippen molar-refractivity contribution in [1.29, 1.82) is 0 Å². The van der Waals surface area contributed by atoms with E-state index in [0.717, 1.165) is 0 Å². The lowest BCUT2D eigenvalue weighted by molar-refractivity contribution is 0.0453. The third-order valence-corrected chi connectivity index (χ3v) is 4.12. The molecule has 1 aliphatic heterocycles. The largest absolute Gasteiger partial charge is 0.486 e. The fraction of sp³-hybridized carbons (Fsp3) is 0.286. The van der Waals surface area contributed by atoms with E-state index in [1.54, 1.807) is 0 Å². The smallest absolute Gasteiger partial charge is 0.360 e. The quantitative estimate of drug-likeness (QED) is 0.672. The first-order chi connectivity index (χ1) is 13.6. The van der Waals surface area contributed by atoms with Gasteiger partial charge in [0.05, 0.1) is 17.6 Å². The molecule has 0 atom stereocenters. The lowest BCUT2D eigenvalue weighted by atomic mass is 10.2. The first-order valence-corrected chi connectivity index (χ1v) is 9.21. The van der Waals surface area contributed by atoms with Crippen LogP contribution < -0.4 is 14.8 Å². The van der Waals surface area contributed by atoms with Crippen LogP contribution in [0.2, 0.25) is 0 Å². The molecule has 0 radical (unpaired) electrons. The van der Waals surface area contributed by atoms with Crippen molar-refractivity contribution in [1.82, 2.24) is 9.97 Å². The van der Waals surface area contributed by atoms with E-state index in [1.165, 1.54) is 0 Å². The molecule has 3 aromatic rings. The fourth-order valence-corrected chi connectivity index (χ4v) is 2.80. The maximum absolute atomic E-state index is 12.6. The number of aromatic nitrogens is 2. The first-order valence-electron chi connectivity index (χ1n) is 9.21. The Morgan fingerprint density at radius 2 is 1.79 bits per heavy atom. The molecule has 0 saturated heterocycles. The molecule has 0 fully saturated rings. The van der Waals surface area contributed by atoms with Crippen molar-refractivity contribution in [3.63, 3.8) is 0 Å². The van der Waals surface area contributed by atoms with Crippen LogP contribution in [0.15, 0.2) is 42.5 Å². The molecule has 0 aliphatic carbocycles. The summed E-state index contributed by atoms with van der Waals surface area (Å²) in [4.78, 5) is 21.7. The number of hydrogen-bond acceptors (Lipinski definition) is 7. The van der Waals surface area contributed by atoms with Crippen LogP contribution in [0.25, 0.3) is 11.0 Å². The van der Waals surface area contributed by atoms with E-state index in [2.05, 4.69) is 15.3 Å². The van der Waals surface area contributed by atoms with Gasteiger partial charge in [0, 0.05) is 11.8 Å². The van der Waals surface area contributed by atoms with Crippen LogP contribution in [-0.2, 0) is 4.74 Å². The molecule has 0 unspecified atom stereocenters. The number of fused-ring (bicyclic) bond motifs is 2. The number of hydrogen-bond donors (Lipinski definition) is 1. The van der Waals surface area contributed by atoms with E-state index in [0.29, 0.717) is 53.9 Å². The van der Waals surface area contributed by atoms with Crippen LogP contribution in [-0.4, -0.2) is 35.8 Å². The van der Waals surface area contributed by atoms with Gasteiger partial charge in [-0.25, -0.2) is 14.8 Å². The Bertz CT molecular complexity index is 1020. The minimum Gasteiger partial charge on any atom is -0.486 e. The Balaban J connectivity index is 1.70. The number of carbonyl (C=O) groups is 1. The van der Waals surface area contributed by atoms with Crippen molar-refractivity contribution >= 4 is 28.5 Å². The molecule has 28 heavy (non-hydrogen) atoms. The van der Waals surface area contributed by atoms with Gasteiger partial charge in [0.15, 0.2) is 23.0 Å². The maximum Gasteiger partial charge on any atom is 0.360 e. The van der Waals surface area contributed by atoms with E-state index >= 15 is 0 Å². The molecule has 7 nitrogen and oxygen atoms in total. The predicted octanol–water partition coefficient (Wildman–Crippen LogP) is 3.96. The fourth-order valence-electron chi connectivity index (χ4n) is 2.80. The Kier molecular flexibility index (Phi) is 4.97. The summed E-state index contributed by atoms with van der Waals surface area (Å²) in [5, 5.41) is 3.17. The third-order valence-electron chi connectivity index (χ3n) is 4.12. The van der Waals surface area contributed by atoms with E-state index < -0.39 is 5.97 Å². The predicted molar refractivity (Wildman–Crippen MR) is 105 cm³/mol. The Labute approximate surface area is 162 Å². The molecule has 4 rings (SSSR count). The highest BCUT2D eigenvalue weighted by atomic mass is 16.6. The number of ether oxygens (including phenoxy) is 3. The summed E-state index contributed by atoms with van der Waals surface area (Å²) >= 11 is 0. The van der Waals surface area contributed by atoms with Crippen molar-refractivity contribution in [2.75, 3.05) is 25.1 Å². The highest BCUT2D eigenvalue weighted by Gasteiger charge is 2.20. The molecule has 1 aliphatic rings. The van der Waals surface area contributed by atoms with Gasteiger partial charge >= 0.3 is 5.97 Å². The number of benzene rings is 2. The molecule has 0 bridgehead atoms. The zero-order chi connectivity index (χ0) is 19.5. The van der Waals surface area contributed by atoms with Gasteiger partial charge in [-0.3, -0.25) is 0 Å². The van der Waals surface area contributed by atoms with Gasteiger partial charge in [0.25, 0.3) is 0 Å². The van der Waals surface area contributed by atoms with E-state index in [-0.39, 0.29) is 11.6 Å². The van der Waals surface area contributed by atoms with E-state index in [4.69, 9.17) is 14.2 Å². The Hall–Kier alpha value is -3.35. The van der Waals surface area contributed by atoms with Crippen LogP contribution in [0.3, 0.4) is 0 Å². The maximum atomic E-state index is 12.6. The van der Waals surface area contributed by atoms with E-state index in [1.807, 2.05) is 56.3 Å². The summed E-state index contributed by atoms with van der Waals surface area (Å²) in [6.07, 6.45) is 0. The summed E-state index contributed by atoms with van der Waals surface area (Å²) < 4.78 is 16.6. The second-order valence-corrected chi connectivity index (χ2v) is 6.89. The average molecular weight is 379 g/mol. The molecule has 7 heteroatoms. The molecule has 1 aromatic heterocycles. The number of anilines is 2. The first kappa shape index (κ1) is 18.0. The highest BCUT2D eigenvalue weighted by Crippen LogP contribution is 2.34. The molecule has 0 saturated carbocycles. The number of rotatable bonds is 5. The summed E-state index contributed by atoms with van der Waals surface area (Å²) in [5.41, 5.74) is 2.18. The Morgan fingerprint density at radius 3 is 2.54 bits per heavy atom. The van der Waals surface area contributed by atoms with Gasteiger partial charge in [0.2, 0.25) is 0 Å². The summed E-state index contributed by atoms with van der Waals surface area (Å²) in [7, 11) is 0. The summed E-state index contributed by atoms with van der Waals surface area (Å²) in [6, 6.07) is 12.9. The van der Waals surface area contributed by atoms with Gasteiger partial charge in [-0.15, -0.1) is 0 Å². The molecule has 2 aromatic carbocycles. The second-order valence-electron chi connectivity index (χ2n) is 6.89. The minimum absolute atomic E-state index is 0.147. The van der Waals surface area contributed by atoms with Gasteiger partial charge in [0.1, 0.15) is 13.2 Å². The van der Waals surface area contributed by atoms with Crippen LogP contribution in [0.4, 0.5) is 11.5 Å². The van der Waals surface area contributed by atoms with Gasteiger partial charge in [-0.1, -0.05) is 26.0 Å². The number of nitrogens with one attached hydrogen (secondary N) is 1. The molecule has 2 heterocycles. The van der Waals surface area contributed by atoms with Crippen molar-refractivity contribution < 1.29 is 19.0 Å². The minimum atomic E-state index is -0.507. The summed E-state index contributed by atoms with van der Waals surface area (Å²) in [5.74, 6) is 1.40. The van der Waals surface area contributed by atoms with Crippen molar-refractivity contribution in [2.24, 2.45) is 5.92 Å². The number of esters is 1. The van der Waals surface area contributed by atoms with E-state index in [9.17, 15) is 4.79 Å². The number of para-hydroxylation sites is 2. The lowest BCUT2D eigenvalue weighted by Gasteiger charge is -2.19.